The van der Waals surface area contributed by atoms with Gasteiger partial charge in [-0.15, -0.1) is 0 Å². The first kappa shape index (κ1) is 16.3. The summed E-state index contributed by atoms with van der Waals surface area (Å²) in [6.45, 7) is 2.98. The number of hydrogen-bond acceptors (Lipinski definition) is 5. The molecule has 5 rings (SSSR count). The maximum atomic E-state index is 14.0. The van der Waals surface area contributed by atoms with Gasteiger partial charge in [-0.1, -0.05) is 30.3 Å². The number of nitrogens with one attached hydrogen (secondary N) is 3. The van der Waals surface area contributed by atoms with Crippen molar-refractivity contribution in [3.63, 3.8) is 0 Å². The molecule has 2 aliphatic heterocycles. The summed E-state index contributed by atoms with van der Waals surface area (Å²) in [5.41, 5.74) is 6.38. The molecule has 1 aromatic heterocycles. The van der Waals surface area contributed by atoms with Crippen molar-refractivity contribution in [2.75, 3.05) is 23.8 Å². The van der Waals surface area contributed by atoms with Gasteiger partial charge in [0.2, 0.25) is 5.62 Å². The van der Waals surface area contributed by atoms with Crippen molar-refractivity contribution in [3.05, 3.63) is 65.0 Å². The van der Waals surface area contributed by atoms with Crippen molar-refractivity contribution >= 4 is 16.7 Å². The van der Waals surface area contributed by atoms with E-state index in [4.69, 9.17) is 5.41 Å². The number of rotatable bonds is 3. The molecule has 3 N–H and O–H groups in total. The Bertz CT molecular complexity index is 1080. The Morgan fingerprint density at radius 2 is 2.00 bits per heavy atom. The maximum Gasteiger partial charge on any atom is 0.243 e. The van der Waals surface area contributed by atoms with Crippen LogP contribution >= 0.6 is 0 Å². The van der Waals surface area contributed by atoms with E-state index in [-0.39, 0.29) is 17.3 Å². The van der Waals surface area contributed by atoms with Crippen LogP contribution in [0.3, 0.4) is 0 Å². The van der Waals surface area contributed by atoms with Gasteiger partial charge in [0.15, 0.2) is 0 Å². The molecular weight excluding hydrogens is 343 g/mol. The Morgan fingerprint density at radius 1 is 1.15 bits per heavy atom. The fraction of sp³-hybridized carbons (Fsp3) is 0.300. The largest absolute Gasteiger partial charge is 0.348 e. The van der Waals surface area contributed by atoms with Crippen LogP contribution in [-0.2, 0) is 13.0 Å². The van der Waals surface area contributed by atoms with Crippen molar-refractivity contribution in [2.24, 2.45) is 0 Å². The fourth-order valence-corrected chi connectivity index (χ4v) is 4.02. The minimum Gasteiger partial charge on any atom is -0.348 e. The molecule has 0 bridgehead atoms. The van der Waals surface area contributed by atoms with E-state index in [1.165, 1.54) is 17.2 Å². The zero-order valence-electron chi connectivity index (χ0n) is 14.9. The highest BCUT2D eigenvalue weighted by Crippen LogP contribution is 2.26. The van der Waals surface area contributed by atoms with Gasteiger partial charge < -0.3 is 5.32 Å². The van der Waals surface area contributed by atoms with Crippen LogP contribution in [0.2, 0.25) is 0 Å². The molecule has 0 saturated carbocycles. The monoisotopic (exact) mass is 364 g/mol. The molecule has 3 heterocycles. The van der Waals surface area contributed by atoms with Crippen molar-refractivity contribution in [1.82, 2.24) is 14.6 Å². The molecule has 1 atom stereocenters. The SMILES string of the molecule is N=c1nc2c(F)cccc2c2n1NC(CCN1CCc3ccccc3C1)N2. The van der Waals surface area contributed by atoms with Crippen LogP contribution in [0.1, 0.15) is 17.5 Å². The maximum absolute atomic E-state index is 14.0. The van der Waals surface area contributed by atoms with Gasteiger partial charge in [-0.05, 0) is 29.7 Å². The number of aromatic nitrogens is 2. The highest BCUT2D eigenvalue weighted by Gasteiger charge is 2.24. The molecule has 0 fully saturated rings. The van der Waals surface area contributed by atoms with Crippen LogP contribution in [0.5, 0.6) is 0 Å². The second-order valence-electron chi connectivity index (χ2n) is 7.16. The van der Waals surface area contributed by atoms with Crippen molar-refractivity contribution < 1.29 is 4.39 Å². The van der Waals surface area contributed by atoms with E-state index in [0.717, 1.165) is 32.5 Å². The zero-order valence-corrected chi connectivity index (χ0v) is 14.9. The molecule has 0 aliphatic carbocycles. The third-order valence-corrected chi connectivity index (χ3v) is 5.43. The summed E-state index contributed by atoms with van der Waals surface area (Å²) in [5.74, 6) is 0.306. The lowest BCUT2D eigenvalue weighted by molar-refractivity contribution is 0.248. The van der Waals surface area contributed by atoms with Gasteiger partial charge >= 0.3 is 0 Å². The first-order valence-electron chi connectivity index (χ1n) is 9.27. The molecule has 138 valence electrons. The van der Waals surface area contributed by atoms with E-state index in [0.29, 0.717) is 11.2 Å². The second-order valence-corrected chi connectivity index (χ2v) is 7.16. The van der Waals surface area contributed by atoms with E-state index in [1.54, 1.807) is 10.7 Å². The van der Waals surface area contributed by atoms with Crippen LogP contribution in [0, 0.1) is 11.2 Å². The van der Waals surface area contributed by atoms with Crippen LogP contribution in [0.15, 0.2) is 42.5 Å². The van der Waals surface area contributed by atoms with Gasteiger partial charge in [0.05, 0.1) is 0 Å². The topological polar surface area (TPSA) is 69.0 Å². The summed E-state index contributed by atoms with van der Waals surface area (Å²) >= 11 is 0. The summed E-state index contributed by atoms with van der Waals surface area (Å²) < 4.78 is 15.6. The molecular formula is C20H21FN6. The van der Waals surface area contributed by atoms with E-state index in [9.17, 15) is 4.39 Å². The third kappa shape index (κ3) is 2.84. The average molecular weight is 364 g/mol. The highest BCUT2D eigenvalue weighted by molar-refractivity contribution is 5.90. The van der Waals surface area contributed by atoms with Gasteiger partial charge in [-0.2, -0.15) is 0 Å². The number of para-hydroxylation sites is 1. The Morgan fingerprint density at radius 3 is 2.89 bits per heavy atom. The normalized spacial score (nSPS) is 18.6. The second kappa shape index (κ2) is 6.35. The Balaban J connectivity index is 1.31. The molecule has 27 heavy (non-hydrogen) atoms. The van der Waals surface area contributed by atoms with E-state index >= 15 is 0 Å². The van der Waals surface area contributed by atoms with E-state index in [1.807, 2.05) is 6.07 Å². The number of benzene rings is 2. The van der Waals surface area contributed by atoms with Crippen LogP contribution in [-0.4, -0.2) is 33.8 Å². The molecule has 0 amide bonds. The van der Waals surface area contributed by atoms with Crippen molar-refractivity contribution in [1.29, 1.82) is 5.41 Å². The quantitative estimate of drug-likeness (QED) is 0.668. The molecule has 3 aromatic rings. The molecule has 0 radical (unpaired) electrons. The van der Waals surface area contributed by atoms with Crippen LogP contribution in [0.4, 0.5) is 10.2 Å². The van der Waals surface area contributed by atoms with Crippen molar-refractivity contribution in [2.45, 2.75) is 25.6 Å². The molecule has 0 spiro atoms. The predicted molar refractivity (Wildman–Crippen MR) is 102 cm³/mol. The van der Waals surface area contributed by atoms with Gasteiger partial charge in [0, 0.05) is 31.4 Å². The molecule has 6 nitrogen and oxygen atoms in total. The van der Waals surface area contributed by atoms with E-state index in [2.05, 4.69) is 44.9 Å². The van der Waals surface area contributed by atoms with Gasteiger partial charge in [0.1, 0.15) is 23.3 Å². The third-order valence-electron chi connectivity index (χ3n) is 5.43. The Kier molecular flexibility index (Phi) is 3.82. The van der Waals surface area contributed by atoms with Gasteiger partial charge in [-0.25, -0.2) is 14.1 Å². The molecule has 0 saturated heterocycles. The molecule has 2 aromatic carbocycles. The smallest absolute Gasteiger partial charge is 0.243 e. The summed E-state index contributed by atoms with van der Waals surface area (Å²) in [4.78, 5) is 6.55. The predicted octanol–water partition coefficient (Wildman–Crippen LogP) is 2.40. The lowest BCUT2D eigenvalue weighted by atomic mass is 10.00. The highest BCUT2D eigenvalue weighted by atomic mass is 19.1. The van der Waals surface area contributed by atoms with Gasteiger partial charge in [-0.3, -0.25) is 15.7 Å². The summed E-state index contributed by atoms with van der Waals surface area (Å²) in [6.07, 6.45) is 1.95. The number of hydrogen-bond donors (Lipinski definition) is 3. The van der Waals surface area contributed by atoms with Gasteiger partial charge in [0.25, 0.3) is 0 Å². The molecule has 1 unspecified atom stereocenters. The minimum atomic E-state index is -0.401. The first-order valence-corrected chi connectivity index (χ1v) is 9.27. The summed E-state index contributed by atoms with van der Waals surface area (Å²) in [5, 5.41) is 12.2. The minimum absolute atomic E-state index is 0.00417. The number of nitrogens with zero attached hydrogens (tertiary/aromatic N) is 3. The van der Waals surface area contributed by atoms with Crippen molar-refractivity contribution in [3.8, 4) is 0 Å². The molecule has 2 aliphatic rings. The van der Waals surface area contributed by atoms with Crippen LogP contribution in [0.25, 0.3) is 10.9 Å². The lowest BCUT2D eigenvalue weighted by Gasteiger charge is -2.29. The Labute approximate surface area is 156 Å². The van der Waals surface area contributed by atoms with E-state index < -0.39 is 5.82 Å². The Hall–Kier alpha value is -2.93. The summed E-state index contributed by atoms with van der Waals surface area (Å²) in [7, 11) is 0. The summed E-state index contributed by atoms with van der Waals surface area (Å²) in [6, 6.07) is 13.5. The molecule has 7 heteroatoms. The standard InChI is InChI=1S/C20H21FN6/c21-16-7-3-6-15-18(16)24-20(22)27-19(15)23-17(25-27)9-11-26-10-8-13-4-1-2-5-14(13)12-26/h1-7,17,22-23,25H,8-12H2. The first-order chi connectivity index (χ1) is 13.2. The zero-order chi connectivity index (χ0) is 18.4. The number of anilines is 1. The fourth-order valence-electron chi connectivity index (χ4n) is 4.02. The lowest BCUT2D eigenvalue weighted by Crippen LogP contribution is -2.37. The number of fused-ring (bicyclic) bond motifs is 4. The number of halogens is 1. The van der Waals surface area contributed by atoms with Crippen LogP contribution < -0.4 is 16.4 Å². The average Bonchev–Trinajstić information content (AvgIpc) is 3.13.